The van der Waals surface area contributed by atoms with Crippen molar-refractivity contribution in [3.8, 4) is 23.3 Å². The van der Waals surface area contributed by atoms with Crippen LogP contribution < -0.4 is 14.2 Å². The average Bonchev–Trinajstić information content (AvgIpc) is 3.12. The molecule has 2 heterocycles. The van der Waals surface area contributed by atoms with Crippen LogP contribution in [0.25, 0.3) is 9.69 Å². The molecule has 9 nitrogen and oxygen atoms in total. The van der Waals surface area contributed by atoms with E-state index in [-0.39, 0.29) is 6.61 Å². The molecule has 0 bridgehead atoms. The van der Waals surface area contributed by atoms with Crippen molar-refractivity contribution in [2.75, 3.05) is 0 Å². The molecule has 48 heavy (non-hydrogen) atoms. The number of aliphatic hydroxyl groups is 1. The number of aryl methyl sites for hydroxylation is 2. The lowest BCUT2D eigenvalue weighted by molar-refractivity contribution is 0.274. The van der Waals surface area contributed by atoms with Crippen LogP contribution in [0.3, 0.4) is 0 Å². The van der Waals surface area contributed by atoms with Crippen LogP contribution in [0.4, 0.5) is 11.4 Å². The molecule has 0 unspecified atom stereocenters. The molecule has 1 N–H and O–H groups in total. The number of benzene rings is 3. The van der Waals surface area contributed by atoms with Crippen molar-refractivity contribution in [2.45, 2.75) is 54.1 Å². The zero-order chi connectivity index (χ0) is 34.5. The summed E-state index contributed by atoms with van der Waals surface area (Å²) in [5.74, 6) is 2.15. The van der Waals surface area contributed by atoms with Gasteiger partial charge in [0.25, 0.3) is 0 Å². The Morgan fingerprint density at radius 1 is 0.646 bits per heavy atom. The molecule has 2 aromatic heterocycles. The molecule has 240 valence electrons. The highest BCUT2D eigenvalue weighted by atomic mass is 16.5. The van der Waals surface area contributed by atoms with Gasteiger partial charge in [-0.25, -0.2) is 9.69 Å². The monoisotopic (exact) mass is 637 g/mol. The van der Waals surface area contributed by atoms with E-state index in [4.69, 9.17) is 32.6 Å². The minimum absolute atomic E-state index is 0.0465. The summed E-state index contributed by atoms with van der Waals surface area (Å²) in [6.45, 7) is 22.8. The number of ether oxygens (including phenoxy) is 3. The van der Waals surface area contributed by atoms with E-state index >= 15 is 0 Å². The summed E-state index contributed by atoms with van der Waals surface area (Å²) in [5.41, 5.74) is 9.04. The first-order valence-electron chi connectivity index (χ1n) is 15.1. The highest BCUT2D eigenvalue weighted by molar-refractivity contribution is 5.47. The maximum absolute atomic E-state index is 9.25. The molecule has 9 heteroatoms. The number of hydrogen-bond acceptors (Lipinski definition) is 7. The first-order valence-corrected chi connectivity index (χ1v) is 15.1. The Kier molecular flexibility index (Phi) is 12.2. The van der Waals surface area contributed by atoms with E-state index in [0.29, 0.717) is 48.3 Å². The Balaban J connectivity index is 0.000000229. The van der Waals surface area contributed by atoms with Gasteiger partial charge in [-0.15, -0.1) is 0 Å². The molecule has 0 radical (unpaired) electrons. The van der Waals surface area contributed by atoms with Crippen molar-refractivity contribution < 1.29 is 19.3 Å². The maximum Gasteiger partial charge on any atom is 0.187 e. The molecule has 5 rings (SSSR count). The van der Waals surface area contributed by atoms with Crippen LogP contribution in [0.1, 0.15) is 50.3 Å². The van der Waals surface area contributed by atoms with Gasteiger partial charge in [0.1, 0.15) is 37.1 Å². The first kappa shape index (κ1) is 34.7. The lowest BCUT2D eigenvalue weighted by Crippen LogP contribution is -2.05. The van der Waals surface area contributed by atoms with E-state index in [9.17, 15) is 5.11 Å². The van der Waals surface area contributed by atoms with Crippen LogP contribution in [0.15, 0.2) is 85.2 Å². The van der Waals surface area contributed by atoms with Gasteiger partial charge in [0.15, 0.2) is 11.4 Å². The molecule has 0 spiro atoms. The highest BCUT2D eigenvalue weighted by Gasteiger charge is 2.12. The Morgan fingerprint density at radius 3 is 1.54 bits per heavy atom. The quantitative estimate of drug-likeness (QED) is 0.153. The minimum Gasteiger partial charge on any atom is -0.489 e. The molecule has 0 saturated heterocycles. The van der Waals surface area contributed by atoms with Gasteiger partial charge in [0, 0.05) is 29.1 Å². The summed E-state index contributed by atoms with van der Waals surface area (Å²) in [6.07, 6.45) is 3.47. The molecule has 0 amide bonds. The van der Waals surface area contributed by atoms with Crippen LogP contribution in [-0.4, -0.2) is 15.1 Å². The van der Waals surface area contributed by atoms with E-state index < -0.39 is 0 Å². The zero-order valence-corrected chi connectivity index (χ0v) is 27.3. The number of nitriles is 1. The Morgan fingerprint density at radius 2 is 1.10 bits per heavy atom. The second-order valence-corrected chi connectivity index (χ2v) is 10.9. The predicted octanol–water partition coefficient (Wildman–Crippen LogP) is 8.60. The SMILES string of the molecule is [C-]#[N+]c1ccc(COc2c(C)ncc(CO)c2C)cc1.[C-]#[N+]c1ccc(COc2c(C)ncc(COc3ccc(C#N)cc3)c2C)cc1. The number of rotatable bonds is 10. The number of hydrogen-bond donors (Lipinski definition) is 1. The van der Waals surface area contributed by atoms with Crippen molar-refractivity contribution in [1.82, 2.24) is 9.97 Å². The zero-order valence-electron chi connectivity index (χ0n) is 27.3. The summed E-state index contributed by atoms with van der Waals surface area (Å²) < 4.78 is 17.7. The molecule has 0 aliphatic heterocycles. The summed E-state index contributed by atoms with van der Waals surface area (Å²) in [4.78, 5) is 15.4. The van der Waals surface area contributed by atoms with E-state index in [0.717, 1.165) is 50.5 Å². The fourth-order valence-corrected chi connectivity index (χ4v) is 4.66. The first-order chi connectivity index (χ1) is 23.3. The molecular weight excluding hydrogens is 602 g/mol. The summed E-state index contributed by atoms with van der Waals surface area (Å²) in [7, 11) is 0. The van der Waals surface area contributed by atoms with Gasteiger partial charge in [-0.2, -0.15) is 5.26 Å². The molecule has 0 aliphatic carbocycles. The van der Waals surface area contributed by atoms with Gasteiger partial charge >= 0.3 is 0 Å². The van der Waals surface area contributed by atoms with Crippen molar-refractivity contribution in [2.24, 2.45) is 0 Å². The maximum atomic E-state index is 9.25. The second kappa shape index (κ2) is 16.9. The number of nitrogens with zero attached hydrogens (tertiary/aromatic N) is 5. The normalized spacial score (nSPS) is 10.0. The summed E-state index contributed by atoms with van der Waals surface area (Å²) in [6, 6.07) is 23.7. The molecule has 0 atom stereocenters. The fraction of sp³-hybridized carbons (Fsp3) is 0.205. The van der Waals surface area contributed by atoms with Crippen molar-refractivity contribution in [3.63, 3.8) is 0 Å². The van der Waals surface area contributed by atoms with Gasteiger partial charge in [-0.1, -0.05) is 48.5 Å². The molecule has 0 aliphatic rings. The van der Waals surface area contributed by atoms with Crippen LogP contribution in [-0.2, 0) is 26.4 Å². The largest absolute Gasteiger partial charge is 0.489 e. The smallest absolute Gasteiger partial charge is 0.187 e. The van der Waals surface area contributed by atoms with E-state index in [1.165, 1.54) is 0 Å². The van der Waals surface area contributed by atoms with Crippen LogP contribution in [0.5, 0.6) is 17.2 Å². The molecular formula is C39H35N5O4. The highest BCUT2D eigenvalue weighted by Crippen LogP contribution is 2.28. The van der Waals surface area contributed by atoms with E-state index in [1.807, 2.05) is 52.0 Å². The molecule has 5 aromatic rings. The third kappa shape index (κ3) is 9.17. The predicted molar refractivity (Wildman–Crippen MR) is 183 cm³/mol. The van der Waals surface area contributed by atoms with Crippen molar-refractivity contribution >= 4 is 11.4 Å². The second-order valence-electron chi connectivity index (χ2n) is 10.9. The van der Waals surface area contributed by atoms with Crippen LogP contribution in [0.2, 0.25) is 0 Å². The molecule has 0 fully saturated rings. The van der Waals surface area contributed by atoms with E-state index in [1.54, 1.807) is 60.9 Å². The Bertz CT molecular complexity index is 1970. The van der Waals surface area contributed by atoms with Gasteiger partial charge < -0.3 is 19.3 Å². The molecule has 3 aromatic carbocycles. The van der Waals surface area contributed by atoms with Crippen molar-refractivity contribution in [3.05, 3.63) is 158 Å². The van der Waals surface area contributed by atoms with Gasteiger partial charge in [-0.05, 0) is 68.7 Å². The van der Waals surface area contributed by atoms with Gasteiger partial charge in [0.2, 0.25) is 0 Å². The number of aromatic nitrogens is 2. The standard InChI is InChI=1S/C23H19N3O2.C16H16N2O2/c1-16-20(15-27-22-10-6-18(12-24)7-11-22)13-26-17(2)23(16)28-14-19-4-8-21(25-3)9-5-19;1-11-14(9-19)8-18-12(2)16(11)20-10-13-4-6-15(17-3)7-5-13/h4-11,13H,14-15H2,1-2H3;4-8,19H,9-10H2,1-2H3. The number of pyridine rings is 2. The Hall–Kier alpha value is -6.21. The fourth-order valence-electron chi connectivity index (χ4n) is 4.66. The van der Waals surface area contributed by atoms with E-state index in [2.05, 4.69) is 25.7 Å². The molecule has 0 saturated carbocycles. The van der Waals surface area contributed by atoms with Crippen molar-refractivity contribution in [1.29, 1.82) is 5.26 Å². The Labute approximate surface area is 281 Å². The van der Waals surface area contributed by atoms with Crippen LogP contribution in [0, 0.1) is 52.2 Å². The van der Waals surface area contributed by atoms with Crippen LogP contribution >= 0.6 is 0 Å². The minimum atomic E-state index is -0.0465. The summed E-state index contributed by atoms with van der Waals surface area (Å²) in [5, 5.41) is 18.1. The average molecular weight is 638 g/mol. The lowest BCUT2D eigenvalue weighted by Gasteiger charge is -2.15. The van der Waals surface area contributed by atoms with Gasteiger partial charge in [-0.3, -0.25) is 9.97 Å². The van der Waals surface area contributed by atoms with Gasteiger partial charge in [0.05, 0.1) is 42.8 Å². The lowest BCUT2D eigenvalue weighted by atomic mass is 10.1. The summed E-state index contributed by atoms with van der Waals surface area (Å²) >= 11 is 0. The third-order valence-corrected chi connectivity index (χ3v) is 7.58. The third-order valence-electron chi connectivity index (χ3n) is 7.58. The number of aliphatic hydroxyl groups excluding tert-OH is 1. The topological polar surface area (TPSA) is 106 Å².